The molecule has 0 spiro atoms. The number of halogens is 3. The Kier molecular flexibility index (Phi) is 14.4. The van der Waals surface area contributed by atoms with Crippen molar-refractivity contribution in [2.75, 3.05) is 13.2 Å². The van der Waals surface area contributed by atoms with Gasteiger partial charge >= 0.3 is 24.2 Å². The van der Waals surface area contributed by atoms with Gasteiger partial charge in [-0.15, -0.1) is 0 Å². The number of amides is 1. The molecule has 194 valence electrons. The highest BCUT2D eigenvalue weighted by molar-refractivity contribution is 5.73. The van der Waals surface area contributed by atoms with Crippen LogP contribution in [0.4, 0.5) is 18.0 Å². The number of ether oxygens (including phenoxy) is 3. The Morgan fingerprint density at radius 1 is 1.06 bits per heavy atom. The summed E-state index contributed by atoms with van der Waals surface area (Å²) < 4.78 is 47.6. The summed E-state index contributed by atoms with van der Waals surface area (Å²) in [6.07, 6.45) is -3.94. The van der Waals surface area contributed by atoms with Crippen LogP contribution in [0, 0.1) is 13.8 Å². The molecule has 0 saturated heterocycles. The minimum absolute atomic E-state index is 0.268. The molecule has 0 aromatic heterocycles. The molecule has 0 saturated carbocycles. The number of carbonyl (C=O) groups excluding carboxylic acids is 2. The van der Waals surface area contributed by atoms with Crippen LogP contribution in [0.3, 0.4) is 0 Å². The number of carboxylic acids is 1. The zero-order valence-electron chi connectivity index (χ0n) is 19.7. The number of rotatable bonds is 11. The molecule has 0 radical (unpaired) electrons. The van der Waals surface area contributed by atoms with Gasteiger partial charge in [0.25, 0.3) is 0 Å². The molecule has 9 nitrogen and oxygen atoms in total. The van der Waals surface area contributed by atoms with Crippen LogP contribution in [0.25, 0.3) is 0 Å². The second-order valence-corrected chi connectivity index (χ2v) is 7.44. The molecule has 4 N–H and O–H groups in total. The summed E-state index contributed by atoms with van der Waals surface area (Å²) in [5, 5.41) is 9.79. The van der Waals surface area contributed by atoms with Gasteiger partial charge in [0, 0.05) is 13.3 Å². The van der Waals surface area contributed by atoms with E-state index in [1.165, 1.54) is 6.92 Å². The van der Waals surface area contributed by atoms with Crippen molar-refractivity contribution in [1.29, 1.82) is 0 Å². The Labute approximate surface area is 196 Å². The predicted octanol–water partition coefficient (Wildman–Crippen LogP) is 3.84. The van der Waals surface area contributed by atoms with Gasteiger partial charge in [0.1, 0.15) is 12.4 Å². The summed E-state index contributed by atoms with van der Waals surface area (Å²) >= 11 is 0. The first-order chi connectivity index (χ1) is 15.8. The number of aryl methyl sites for hydroxylation is 2. The molecule has 0 fully saturated rings. The molecule has 2 atom stereocenters. The van der Waals surface area contributed by atoms with E-state index in [4.69, 9.17) is 29.8 Å². The van der Waals surface area contributed by atoms with E-state index in [0.29, 0.717) is 19.6 Å². The highest BCUT2D eigenvalue weighted by Gasteiger charge is 2.38. The van der Waals surface area contributed by atoms with Crippen molar-refractivity contribution in [3.05, 3.63) is 29.3 Å². The molecule has 0 bridgehead atoms. The van der Waals surface area contributed by atoms with Crippen LogP contribution in [-0.4, -0.2) is 54.8 Å². The van der Waals surface area contributed by atoms with Gasteiger partial charge in [0.2, 0.25) is 6.29 Å². The van der Waals surface area contributed by atoms with E-state index in [0.717, 1.165) is 29.7 Å². The zero-order chi connectivity index (χ0) is 26.3. The second kappa shape index (κ2) is 15.8. The van der Waals surface area contributed by atoms with Crippen LogP contribution in [0.5, 0.6) is 5.75 Å². The molecule has 0 aliphatic carbocycles. The SMILES string of the molecule is Cc1cccc(C)c1OCC(C)NC(=O)OC(C)OC(=O)CCCCCN.O=C(O)C(F)(F)F. The first-order valence-electron chi connectivity index (χ1n) is 10.6. The van der Waals surface area contributed by atoms with E-state index in [1.54, 1.807) is 0 Å². The molecule has 34 heavy (non-hydrogen) atoms. The number of aliphatic carboxylic acids is 1. The van der Waals surface area contributed by atoms with Crippen LogP contribution >= 0.6 is 0 Å². The highest BCUT2D eigenvalue weighted by atomic mass is 19.4. The quantitative estimate of drug-likeness (QED) is 0.240. The molecular formula is C22H33F3N2O7. The number of alkyl halides is 3. The number of hydrogen-bond acceptors (Lipinski definition) is 7. The molecule has 0 aliphatic heterocycles. The van der Waals surface area contributed by atoms with E-state index in [1.807, 2.05) is 39.0 Å². The van der Waals surface area contributed by atoms with Gasteiger partial charge in [-0.3, -0.25) is 4.79 Å². The Morgan fingerprint density at radius 2 is 1.62 bits per heavy atom. The third-order valence-corrected chi connectivity index (χ3v) is 4.15. The maximum Gasteiger partial charge on any atom is 0.490 e. The van der Waals surface area contributed by atoms with Crippen LogP contribution in [0.2, 0.25) is 0 Å². The van der Waals surface area contributed by atoms with Crippen molar-refractivity contribution in [1.82, 2.24) is 5.32 Å². The molecule has 1 rings (SSSR count). The molecule has 12 heteroatoms. The number of carboxylic acid groups (broad SMARTS) is 1. The number of unbranched alkanes of at least 4 members (excludes halogenated alkanes) is 2. The summed E-state index contributed by atoms with van der Waals surface area (Å²) in [4.78, 5) is 32.4. The molecule has 1 aromatic carbocycles. The minimum Gasteiger partial charge on any atom is -0.491 e. The van der Waals surface area contributed by atoms with Crippen molar-refractivity contribution < 1.29 is 46.9 Å². The number of nitrogens with two attached hydrogens (primary N) is 1. The first-order valence-corrected chi connectivity index (χ1v) is 10.6. The summed E-state index contributed by atoms with van der Waals surface area (Å²) in [6, 6.07) is 5.65. The van der Waals surface area contributed by atoms with Gasteiger partial charge in [0.05, 0.1) is 6.04 Å². The van der Waals surface area contributed by atoms with Crippen LogP contribution in [0.1, 0.15) is 50.7 Å². The number of nitrogens with one attached hydrogen (secondary N) is 1. The Morgan fingerprint density at radius 3 is 2.12 bits per heavy atom. The topological polar surface area (TPSA) is 137 Å². The third-order valence-electron chi connectivity index (χ3n) is 4.15. The van der Waals surface area contributed by atoms with Gasteiger partial charge in [-0.25, -0.2) is 9.59 Å². The molecule has 0 heterocycles. The number of carbonyl (C=O) groups is 3. The average Bonchev–Trinajstić information content (AvgIpc) is 2.70. The van der Waals surface area contributed by atoms with Crippen molar-refractivity contribution >= 4 is 18.0 Å². The van der Waals surface area contributed by atoms with Gasteiger partial charge in [-0.1, -0.05) is 24.6 Å². The zero-order valence-corrected chi connectivity index (χ0v) is 19.7. The molecule has 2 unspecified atom stereocenters. The summed E-state index contributed by atoms with van der Waals surface area (Å²) in [5.41, 5.74) is 7.48. The number of hydrogen-bond donors (Lipinski definition) is 3. The molecule has 0 aliphatic rings. The Hall–Kier alpha value is -3.02. The van der Waals surface area contributed by atoms with Gasteiger partial charge in [-0.05, 0) is 51.3 Å². The Bertz CT molecular complexity index is 768. The van der Waals surface area contributed by atoms with Crippen LogP contribution in [-0.2, 0) is 19.1 Å². The fourth-order valence-corrected chi connectivity index (χ4v) is 2.52. The Balaban J connectivity index is 0.00000135. The van der Waals surface area contributed by atoms with Gasteiger partial charge in [-0.2, -0.15) is 13.2 Å². The number of para-hydroxylation sites is 1. The number of benzene rings is 1. The molecule has 1 aromatic rings. The second-order valence-electron chi connectivity index (χ2n) is 7.44. The fourth-order valence-electron chi connectivity index (χ4n) is 2.52. The lowest BCUT2D eigenvalue weighted by atomic mass is 10.1. The maximum absolute atomic E-state index is 11.9. The normalized spacial score (nSPS) is 12.5. The lowest BCUT2D eigenvalue weighted by molar-refractivity contribution is -0.192. The average molecular weight is 495 g/mol. The fraction of sp³-hybridized carbons (Fsp3) is 0.591. The number of esters is 1. The predicted molar refractivity (Wildman–Crippen MR) is 117 cm³/mol. The van der Waals surface area contributed by atoms with Crippen molar-refractivity contribution in [2.45, 2.75) is 71.9 Å². The largest absolute Gasteiger partial charge is 0.491 e. The third kappa shape index (κ3) is 14.2. The standard InChI is InChI=1S/C20H32N2O5.C2HF3O2/c1-14-9-8-10-15(2)19(14)25-13-16(3)22-20(24)27-17(4)26-18(23)11-6-5-7-12-21;3-2(4,5)1(6)7/h8-10,16-17H,5-7,11-13,21H2,1-4H3,(H,22,24);(H,6,7). The van der Waals surface area contributed by atoms with Crippen molar-refractivity contribution in [3.63, 3.8) is 0 Å². The molecular weight excluding hydrogens is 461 g/mol. The van der Waals surface area contributed by atoms with E-state index in [9.17, 15) is 22.8 Å². The minimum atomic E-state index is -5.08. The maximum atomic E-state index is 11.9. The summed E-state index contributed by atoms with van der Waals surface area (Å²) in [7, 11) is 0. The van der Waals surface area contributed by atoms with E-state index >= 15 is 0 Å². The van der Waals surface area contributed by atoms with Crippen molar-refractivity contribution in [2.24, 2.45) is 5.73 Å². The molecule has 1 amide bonds. The summed E-state index contributed by atoms with van der Waals surface area (Å²) in [5.74, 6) is -2.33. The monoisotopic (exact) mass is 494 g/mol. The smallest absolute Gasteiger partial charge is 0.490 e. The highest BCUT2D eigenvalue weighted by Crippen LogP contribution is 2.22. The van der Waals surface area contributed by atoms with Gasteiger partial charge in [0.15, 0.2) is 0 Å². The first kappa shape index (κ1) is 31.0. The van der Waals surface area contributed by atoms with Crippen LogP contribution in [0.15, 0.2) is 18.2 Å². The number of alkyl carbamates (subject to hydrolysis) is 1. The van der Waals surface area contributed by atoms with Gasteiger partial charge < -0.3 is 30.4 Å². The van der Waals surface area contributed by atoms with E-state index < -0.39 is 30.5 Å². The lowest BCUT2D eigenvalue weighted by Gasteiger charge is -2.19. The summed E-state index contributed by atoms with van der Waals surface area (Å²) in [6.45, 7) is 8.18. The van der Waals surface area contributed by atoms with Crippen molar-refractivity contribution in [3.8, 4) is 5.75 Å². The van der Waals surface area contributed by atoms with Crippen LogP contribution < -0.4 is 15.8 Å². The lowest BCUT2D eigenvalue weighted by Crippen LogP contribution is -2.39. The van der Waals surface area contributed by atoms with E-state index in [2.05, 4.69) is 5.32 Å². The van der Waals surface area contributed by atoms with E-state index in [-0.39, 0.29) is 12.5 Å².